The zero-order valence-electron chi connectivity index (χ0n) is 15.1. The number of benzene rings is 2. The van der Waals surface area contributed by atoms with Gasteiger partial charge in [-0.3, -0.25) is 10.1 Å². The van der Waals surface area contributed by atoms with Crippen molar-refractivity contribution in [2.45, 2.75) is 31.8 Å². The minimum absolute atomic E-state index is 0.00844. The maximum Gasteiger partial charge on any atom is 0.234 e. The molecule has 0 atom stereocenters. The number of carbonyl (C=O) groups is 1. The Kier molecular flexibility index (Phi) is 6.46. The van der Waals surface area contributed by atoms with Crippen LogP contribution in [-0.4, -0.2) is 25.7 Å². The van der Waals surface area contributed by atoms with Gasteiger partial charge in [-0.1, -0.05) is 52.3 Å². The van der Waals surface area contributed by atoms with Crippen LogP contribution in [0.15, 0.2) is 53.0 Å². The lowest BCUT2D eigenvalue weighted by atomic mass is 9.82. The third-order valence-corrected chi connectivity index (χ3v) is 5.54. The summed E-state index contributed by atoms with van der Waals surface area (Å²) in [5.74, 6) is 0.00844. The SMILES string of the molecule is Cc1ccccc1CNC(=O)CNC1(c2cccc(Br)c2)CCOCC1. The minimum atomic E-state index is -0.220. The molecule has 26 heavy (non-hydrogen) atoms. The Balaban J connectivity index is 1.63. The van der Waals surface area contributed by atoms with Gasteiger partial charge in [0.1, 0.15) is 0 Å². The van der Waals surface area contributed by atoms with E-state index in [9.17, 15) is 4.79 Å². The highest BCUT2D eigenvalue weighted by Gasteiger charge is 2.34. The molecule has 2 N–H and O–H groups in total. The number of hydrogen-bond donors (Lipinski definition) is 2. The lowest BCUT2D eigenvalue weighted by molar-refractivity contribution is -0.121. The second kappa shape index (κ2) is 8.80. The number of nitrogens with one attached hydrogen (secondary N) is 2. The van der Waals surface area contributed by atoms with Gasteiger partial charge < -0.3 is 10.1 Å². The van der Waals surface area contributed by atoms with Crippen molar-refractivity contribution in [3.8, 4) is 0 Å². The summed E-state index contributed by atoms with van der Waals surface area (Å²) in [6.07, 6.45) is 1.71. The average Bonchev–Trinajstić information content (AvgIpc) is 2.66. The maximum absolute atomic E-state index is 12.4. The van der Waals surface area contributed by atoms with Gasteiger partial charge in [-0.15, -0.1) is 0 Å². The fourth-order valence-corrected chi connectivity index (χ4v) is 3.79. The molecule has 2 aromatic carbocycles. The molecule has 0 bridgehead atoms. The van der Waals surface area contributed by atoms with Crippen molar-refractivity contribution in [2.75, 3.05) is 19.8 Å². The summed E-state index contributed by atoms with van der Waals surface area (Å²) >= 11 is 3.55. The van der Waals surface area contributed by atoms with Crippen LogP contribution >= 0.6 is 15.9 Å². The first kappa shape index (κ1) is 19.1. The Hall–Kier alpha value is -1.69. The summed E-state index contributed by atoms with van der Waals surface area (Å²) in [7, 11) is 0. The normalized spacial score (nSPS) is 16.2. The second-order valence-electron chi connectivity index (χ2n) is 6.76. The topological polar surface area (TPSA) is 50.4 Å². The van der Waals surface area contributed by atoms with Gasteiger partial charge in [0.25, 0.3) is 0 Å². The van der Waals surface area contributed by atoms with E-state index in [0.29, 0.717) is 26.3 Å². The first-order valence-corrected chi connectivity index (χ1v) is 9.78. The zero-order valence-corrected chi connectivity index (χ0v) is 16.6. The number of aryl methyl sites for hydroxylation is 1. The van der Waals surface area contributed by atoms with Crippen LogP contribution in [0.4, 0.5) is 0 Å². The third kappa shape index (κ3) is 4.72. The maximum atomic E-state index is 12.4. The van der Waals surface area contributed by atoms with Gasteiger partial charge in [0.2, 0.25) is 5.91 Å². The molecule has 1 aliphatic rings. The van der Waals surface area contributed by atoms with E-state index in [4.69, 9.17) is 4.74 Å². The van der Waals surface area contributed by atoms with Crippen LogP contribution in [0.1, 0.15) is 29.5 Å². The first-order chi connectivity index (χ1) is 12.6. The van der Waals surface area contributed by atoms with E-state index in [2.05, 4.69) is 51.7 Å². The van der Waals surface area contributed by atoms with Crippen LogP contribution in [0, 0.1) is 6.92 Å². The van der Waals surface area contributed by atoms with Crippen molar-refractivity contribution < 1.29 is 9.53 Å². The Morgan fingerprint density at radius 1 is 1.15 bits per heavy atom. The summed E-state index contributed by atoms with van der Waals surface area (Å²) in [6.45, 7) is 4.30. The molecule has 5 heteroatoms. The number of halogens is 1. The Morgan fingerprint density at radius 2 is 1.92 bits per heavy atom. The average molecular weight is 417 g/mol. The van der Waals surface area contributed by atoms with Crippen molar-refractivity contribution in [1.82, 2.24) is 10.6 Å². The summed E-state index contributed by atoms with van der Waals surface area (Å²) in [4.78, 5) is 12.4. The molecule has 1 heterocycles. The minimum Gasteiger partial charge on any atom is -0.381 e. The van der Waals surface area contributed by atoms with Crippen LogP contribution in [-0.2, 0) is 21.6 Å². The highest BCUT2D eigenvalue weighted by atomic mass is 79.9. The molecule has 0 spiro atoms. The smallest absolute Gasteiger partial charge is 0.234 e. The Bertz CT molecular complexity index is 757. The van der Waals surface area contributed by atoms with Crippen molar-refractivity contribution in [2.24, 2.45) is 0 Å². The summed E-state index contributed by atoms with van der Waals surface area (Å²) < 4.78 is 6.60. The summed E-state index contributed by atoms with van der Waals surface area (Å²) in [5.41, 5.74) is 3.31. The van der Waals surface area contributed by atoms with Gasteiger partial charge in [-0.05, 0) is 48.6 Å². The van der Waals surface area contributed by atoms with Gasteiger partial charge in [-0.25, -0.2) is 0 Å². The van der Waals surface area contributed by atoms with Gasteiger partial charge >= 0.3 is 0 Å². The lowest BCUT2D eigenvalue weighted by Gasteiger charge is -2.38. The fraction of sp³-hybridized carbons (Fsp3) is 0.381. The molecule has 3 rings (SSSR count). The van der Waals surface area contributed by atoms with E-state index in [1.54, 1.807) is 0 Å². The summed E-state index contributed by atoms with van der Waals surface area (Å²) in [5, 5.41) is 6.53. The van der Waals surface area contributed by atoms with E-state index in [-0.39, 0.29) is 11.4 Å². The van der Waals surface area contributed by atoms with Gasteiger partial charge in [-0.2, -0.15) is 0 Å². The molecular weight excluding hydrogens is 392 g/mol. The molecule has 1 amide bonds. The first-order valence-electron chi connectivity index (χ1n) is 8.99. The summed E-state index contributed by atoms with van der Waals surface area (Å²) in [6, 6.07) is 16.4. The molecule has 0 saturated carbocycles. The highest BCUT2D eigenvalue weighted by molar-refractivity contribution is 9.10. The van der Waals surface area contributed by atoms with E-state index < -0.39 is 0 Å². The standard InChI is InChI=1S/C21H25BrN2O2/c1-16-5-2-3-6-17(16)14-23-20(25)15-24-21(9-11-26-12-10-21)18-7-4-8-19(22)13-18/h2-8,13,24H,9-12,14-15H2,1H3,(H,23,25). The highest BCUT2D eigenvalue weighted by Crippen LogP contribution is 2.33. The van der Waals surface area contributed by atoms with Crippen molar-refractivity contribution in [1.29, 1.82) is 0 Å². The molecule has 2 aromatic rings. The molecular formula is C21H25BrN2O2. The van der Waals surface area contributed by atoms with Crippen LogP contribution in [0.25, 0.3) is 0 Å². The van der Waals surface area contributed by atoms with Gasteiger partial charge in [0.05, 0.1) is 6.54 Å². The van der Waals surface area contributed by atoms with Crippen molar-refractivity contribution in [3.05, 3.63) is 69.7 Å². The van der Waals surface area contributed by atoms with Crippen molar-refractivity contribution >= 4 is 21.8 Å². The van der Waals surface area contributed by atoms with E-state index >= 15 is 0 Å². The largest absolute Gasteiger partial charge is 0.381 e. The molecule has 1 aliphatic heterocycles. The fourth-order valence-electron chi connectivity index (χ4n) is 3.39. The molecule has 1 fully saturated rings. The van der Waals surface area contributed by atoms with E-state index in [1.165, 1.54) is 11.1 Å². The predicted molar refractivity (Wildman–Crippen MR) is 107 cm³/mol. The molecule has 4 nitrogen and oxygen atoms in total. The van der Waals surface area contributed by atoms with E-state index in [1.807, 2.05) is 30.3 Å². The Labute approximate surface area is 163 Å². The van der Waals surface area contributed by atoms with Gasteiger partial charge in [0.15, 0.2) is 0 Å². The lowest BCUT2D eigenvalue weighted by Crippen LogP contribution is -2.50. The predicted octanol–water partition coefficient (Wildman–Crippen LogP) is 3.67. The molecule has 0 aromatic heterocycles. The molecule has 0 aliphatic carbocycles. The monoisotopic (exact) mass is 416 g/mol. The van der Waals surface area contributed by atoms with Gasteiger partial charge in [0, 0.05) is 29.8 Å². The van der Waals surface area contributed by atoms with Crippen LogP contribution in [0.3, 0.4) is 0 Å². The molecule has 1 saturated heterocycles. The van der Waals surface area contributed by atoms with Crippen LogP contribution in [0.2, 0.25) is 0 Å². The Morgan fingerprint density at radius 3 is 2.65 bits per heavy atom. The molecule has 138 valence electrons. The second-order valence-corrected chi connectivity index (χ2v) is 7.68. The zero-order chi connectivity index (χ0) is 18.4. The molecule has 0 unspecified atom stereocenters. The van der Waals surface area contributed by atoms with Crippen LogP contribution < -0.4 is 10.6 Å². The third-order valence-electron chi connectivity index (χ3n) is 5.05. The molecule has 0 radical (unpaired) electrons. The number of amides is 1. The number of carbonyl (C=O) groups excluding carboxylic acids is 1. The van der Waals surface area contributed by atoms with E-state index in [0.717, 1.165) is 22.9 Å². The quantitative estimate of drug-likeness (QED) is 0.754. The number of ether oxygens (including phenoxy) is 1. The van der Waals surface area contributed by atoms with Crippen LogP contribution in [0.5, 0.6) is 0 Å². The number of hydrogen-bond acceptors (Lipinski definition) is 3. The van der Waals surface area contributed by atoms with Crippen molar-refractivity contribution in [3.63, 3.8) is 0 Å². The number of rotatable bonds is 6.